The van der Waals surface area contributed by atoms with Crippen LogP contribution in [0.5, 0.6) is 5.75 Å². The fourth-order valence-electron chi connectivity index (χ4n) is 2.80. The lowest BCUT2D eigenvalue weighted by atomic mass is 9.83. The SMILES string of the molecule is CNC1(C)CCCSc2c(OC)cc(C)c(C)c21. The van der Waals surface area contributed by atoms with Crippen LogP contribution in [0.4, 0.5) is 0 Å². The number of thioether (sulfide) groups is 1. The number of ether oxygens (including phenoxy) is 1. The molecule has 3 heteroatoms. The maximum atomic E-state index is 5.59. The summed E-state index contributed by atoms with van der Waals surface area (Å²) in [6, 6.07) is 2.17. The Morgan fingerprint density at radius 2 is 2.11 bits per heavy atom. The number of fused-ring (bicyclic) bond motifs is 1. The second kappa shape index (κ2) is 5.14. The molecule has 1 heterocycles. The van der Waals surface area contributed by atoms with Crippen LogP contribution in [-0.4, -0.2) is 19.9 Å². The first-order chi connectivity index (χ1) is 8.53. The number of methoxy groups -OCH3 is 1. The van der Waals surface area contributed by atoms with Gasteiger partial charge in [-0.05, 0) is 69.2 Å². The van der Waals surface area contributed by atoms with E-state index in [1.54, 1.807) is 7.11 Å². The van der Waals surface area contributed by atoms with Gasteiger partial charge in [0.15, 0.2) is 0 Å². The summed E-state index contributed by atoms with van der Waals surface area (Å²) >= 11 is 1.94. The molecule has 1 atom stereocenters. The third-order valence-electron chi connectivity index (χ3n) is 4.16. The molecule has 1 aliphatic rings. The van der Waals surface area contributed by atoms with Gasteiger partial charge in [-0.15, -0.1) is 11.8 Å². The van der Waals surface area contributed by atoms with Gasteiger partial charge in [0, 0.05) is 5.54 Å². The highest BCUT2D eigenvalue weighted by atomic mass is 32.2. The summed E-state index contributed by atoms with van der Waals surface area (Å²) in [5, 5.41) is 3.53. The number of benzene rings is 1. The first-order valence-corrected chi connectivity index (χ1v) is 7.52. The number of hydrogen-bond acceptors (Lipinski definition) is 3. The Balaban J connectivity index is 2.72. The van der Waals surface area contributed by atoms with Crippen molar-refractivity contribution in [3.8, 4) is 5.75 Å². The second-order valence-electron chi connectivity index (χ2n) is 5.26. The number of aryl methyl sites for hydroxylation is 1. The lowest BCUT2D eigenvalue weighted by Gasteiger charge is -2.32. The minimum absolute atomic E-state index is 0.0578. The summed E-state index contributed by atoms with van der Waals surface area (Å²) < 4.78 is 5.59. The highest BCUT2D eigenvalue weighted by Gasteiger charge is 2.33. The predicted molar refractivity (Wildman–Crippen MR) is 78.8 cm³/mol. The first-order valence-electron chi connectivity index (χ1n) is 6.54. The molecule has 1 unspecified atom stereocenters. The Morgan fingerprint density at radius 3 is 2.72 bits per heavy atom. The van der Waals surface area contributed by atoms with Gasteiger partial charge in [-0.3, -0.25) is 0 Å². The summed E-state index contributed by atoms with van der Waals surface area (Å²) in [6.07, 6.45) is 2.41. The van der Waals surface area contributed by atoms with Crippen LogP contribution in [0.25, 0.3) is 0 Å². The molecule has 0 saturated carbocycles. The van der Waals surface area contributed by atoms with Gasteiger partial charge in [-0.2, -0.15) is 0 Å². The van der Waals surface area contributed by atoms with Crippen molar-refractivity contribution < 1.29 is 4.74 Å². The Bertz CT molecular complexity index is 458. The van der Waals surface area contributed by atoms with Crippen molar-refractivity contribution >= 4 is 11.8 Å². The van der Waals surface area contributed by atoms with Gasteiger partial charge >= 0.3 is 0 Å². The summed E-state index contributed by atoms with van der Waals surface area (Å²) in [7, 11) is 3.83. The quantitative estimate of drug-likeness (QED) is 0.882. The van der Waals surface area contributed by atoms with Gasteiger partial charge in [0.25, 0.3) is 0 Å². The molecule has 0 fully saturated rings. The van der Waals surface area contributed by atoms with E-state index in [0.29, 0.717) is 0 Å². The minimum atomic E-state index is 0.0578. The zero-order valence-corrected chi connectivity index (χ0v) is 12.8. The van der Waals surface area contributed by atoms with Crippen molar-refractivity contribution in [1.82, 2.24) is 5.32 Å². The number of hydrogen-bond donors (Lipinski definition) is 1. The number of nitrogens with one attached hydrogen (secondary N) is 1. The standard InChI is InChI=1S/C15H23NOS/c1-10-9-12(17-5)14-13(11(10)2)15(3,16-4)7-6-8-18-14/h9,16H,6-8H2,1-5H3. The van der Waals surface area contributed by atoms with E-state index < -0.39 is 0 Å². The van der Waals surface area contributed by atoms with Crippen molar-refractivity contribution in [1.29, 1.82) is 0 Å². The monoisotopic (exact) mass is 265 g/mol. The third-order valence-corrected chi connectivity index (χ3v) is 5.34. The molecule has 18 heavy (non-hydrogen) atoms. The maximum Gasteiger partial charge on any atom is 0.133 e. The van der Waals surface area contributed by atoms with E-state index in [1.807, 2.05) is 11.8 Å². The normalized spacial score (nSPS) is 23.4. The first kappa shape index (κ1) is 13.8. The van der Waals surface area contributed by atoms with E-state index >= 15 is 0 Å². The third kappa shape index (κ3) is 2.14. The van der Waals surface area contributed by atoms with E-state index in [-0.39, 0.29) is 5.54 Å². The molecule has 100 valence electrons. The van der Waals surface area contributed by atoms with Crippen LogP contribution >= 0.6 is 11.8 Å². The highest BCUT2D eigenvalue weighted by molar-refractivity contribution is 7.99. The molecular formula is C15H23NOS. The molecule has 0 radical (unpaired) electrons. The van der Waals surface area contributed by atoms with Crippen molar-refractivity contribution in [3.05, 3.63) is 22.8 Å². The summed E-state index contributed by atoms with van der Waals surface area (Å²) in [6.45, 7) is 6.71. The van der Waals surface area contributed by atoms with Crippen LogP contribution < -0.4 is 10.1 Å². The number of rotatable bonds is 2. The van der Waals surface area contributed by atoms with Crippen LogP contribution in [0, 0.1) is 13.8 Å². The molecule has 0 amide bonds. The summed E-state index contributed by atoms with van der Waals surface area (Å²) in [5.41, 5.74) is 4.21. The zero-order chi connectivity index (χ0) is 13.3. The summed E-state index contributed by atoms with van der Waals surface area (Å²) in [4.78, 5) is 1.33. The van der Waals surface area contributed by atoms with E-state index in [1.165, 1.54) is 40.2 Å². The Labute approximate surface area is 114 Å². The van der Waals surface area contributed by atoms with Crippen LogP contribution in [0.2, 0.25) is 0 Å². The Morgan fingerprint density at radius 1 is 1.39 bits per heavy atom. The summed E-state index contributed by atoms with van der Waals surface area (Å²) in [5.74, 6) is 2.20. The Hall–Kier alpha value is -0.670. The van der Waals surface area contributed by atoms with E-state index in [4.69, 9.17) is 4.74 Å². The van der Waals surface area contributed by atoms with Gasteiger partial charge in [-0.25, -0.2) is 0 Å². The van der Waals surface area contributed by atoms with E-state index in [0.717, 1.165) is 5.75 Å². The van der Waals surface area contributed by atoms with Gasteiger partial charge in [0.2, 0.25) is 0 Å². The van der Waals surface area contributed by atoms with E-state index in [2.05, 4.69) is 39.2 Å². The average molecular weight is 265 g/mol. The molecule has 0 saturated heterocycles. The molecule has 0 aromatic heterocycles. The van der Waals surface area contributed by atoms with Crippen molar-refractivity contribution in [2.24, 2.45) is 0 Å². The molecular weight excluding hydrogens is 242 g/mol. The van der Waals surface area contributed by atoms with Gasteiger partial charge in [0.1, 0.15) is 5.75 Å². The lowest BCUT2D eigenvalue weighted by molar-refractivity contribution is 0.352. The molecule has 0 spiro atoms. The van der Waals surface area contributed by atoms with Crippen LogP contribution in [-0.2, 0) is 5.54 Å². The second-order valence-corrected chi connectivity index (χ2v) is 6.36. The van der Waals surface area contributed by atoms with Crippen LogP contribution in [0.1, 0.15) is 36.5 Å². The molecule has 0 aliphatic carbocycles. The van der Waals surface area contributed by atoms with Gasteiger partial charge in [-0.1, -0.05) is 0 Å². The molecule has 1 aromatic carbocycles. The van der Waals surface area contributed by atoms with Crippen molar-refractivity contribution in [3.63, 3.8) is 0 Å². The van der Waals surface area contributed by atoms with Crippen molar-refractivity contribution in [2.75, 3.05) is 19.9 Å². The highest BCUT2D eigenvalue weighted by Crippen LogP contribution is 2.45. The topological polar surface area (TPSA) is 21.3 Å². The lowest BCUT2D eigenvalue weighted by Crippen LogP contribution is -2.37. The maximum absolute atomic E-state index is 5.59. The average Bonchev–Trinajstić information content (AvgIpc) is 2.54. The smallest absolute Gasteiger partial charge is 0.133 e. The molecule has 2 nitrogen and oxygen atoms in total. The predicted octanol–water partition coefficient (Wildman–Crippen LogP) is 3.63. The largest absolute Gasteiger partial charge is 0.496 e. The molecule has 0 bridgehead atoms. The zero-order valence-electron chi connectivity index (χ0n) is 12.0. The molecule has 2 rings (SSSR count). The molecule has 1 aliphatic heterocycles. The fourth-order valence-corrected chi connectivity index (χ4v) is 4.10. The van der Waals surface area contributed by atoms with Gasteiger partial charge in [0.05, 0.1) is 12.0 Å². The minimum Gasteiger partial charge on any atom is -0.496 e. The van der Waals surface area contributed by atoms with Crippen molar-refractivity contribution in [2.45, 2.75) is 44.0 Å². The van der Waals surface area contributed by atoms with Crippen LogP contribution in [0.15, 0.2) is 11.0 Å². The molecule has 1 N–H and O–H groups in total. The Kier molecular flexibility index (Phi) is 3.93. The molecule has 1 aromatic rings. The van der Waals surface area contributed by atoms with Crippen LogP contribution in [0.3, 0.4) is 0 Å². The van der Waals surface area contributed by atoms with E-state index in [9.17, 15) is 0 Å². The fraction of sp³-hybridized carbons (Fsp3) is 0.600. The van der Waals surface area contributed by atoms with Gasteiger partial charge < -0.3 is 10.1 Å².